The first-order valence-corrected chi connectivity index (χ1v) is 8.62. The number of hydrogen-bond acceptors (Lipinski definition) is 3. The molecule has 4 nitrogen and oxygen atoms in total. The molecule has 0 aliphatic heterocycles. The first-order chi connectivity index (χ1) is 12.6. The van der Waals surface area contributed by atoms with E-state index in [9.17, 15) is 13.6 Å². The molecule has 27 heavy (non-hydrogen) atoms. The largest absolute Gasteiger partial charge is 0.432 e. The van der Waals surface area contributed by atoms with Gasteiger partial charge in [0, 0.05) is 37.9 Å². The molecule has 0 N–H and O–H groups in total. The van der Waals surface area contributed by atoms with Crippen LogP contribution in [0.4, 0.5) is 14.5 Å². The summed E-state index contributed by atoms with van der Waals surface area (Å²) in [6.45, 7) is 6.42. The lowest BCUT2D eigenvalue weighted by Crippen LogP contribution is -2.28. The van der Waals surface area contributed by atoms with Crippen molar-refractivity contribution >= 4 is 17.8 Å². The maximum absolute atomic E-state index is 13.2. The van der Waals surface area contributed by atoms with E-state index in [0.29, 0.717) is 18.1 Å². The molecule has 0 spiro atoms. The highest BCUT2D eigenvalue weighted by Crippen LogP contribution is 2.27. The van der Waals surface area contributed by atoms with Gasteiger partial charge in [-0.05, 0) is 50.1 Å². The summed E-state index contributed by atoms with van der Waals surface area (Å²) in [5.74, 6) is -0.133. The summed E-state index contributed by atoms with van der Waals surface area (Å²) >= 11 is 0. The van der Waals surface area contributed by atoms with E-state index in [0.717, 1.165) is 16.8 Å². The van der Waals surface area contributed by atoms with E-state index in [4.69, 9.17) is 4.74 Å². The third-order valence-electron chi connectivity index (χ3n) is 4.06. The van der Waals surface area contributed by atoms with Crippen molar-refractivity contribution < 1.29 is 18.3 Å². The molecule has 144 valence electrons. The number of ether oxygens (including phenoxy) is 1. The Morgan fingerprint density at radius 1 is 1.22 bits per heavy atom. The molecular formula is C21H24F2N2O2. The van der Waals surface area contributed by atoms with Gasteiger partial charge < -0.3 is 9.64 Å². The fraction of sp³-hybridized carbons (Fsp3) is 0.333. The maximum Gasteiger partial charge on any atom is 0.394 e. The van der Waals surface area contributed by atoms with E-state index in [1.54, 1.807) is 37.5 Å². The van der Waals surface area contributed by atoms with E-state index in [-0.39, 0.29) is 18.2 Å². The summed E-state index contributed by atoms with van der Waals surface area (Å²) in [5.41, 5.74) is 3.59. The summed E-state index contributed by atoms with van der Waals surface area (Å²) in [6, 6.07) is 10.2. The average molecular weight is 374 g/mol. The van der Waals surface area contributed by atoms with Crippen molar-refractivity contribution in [3.05, 3.63) is 58.7 Å². The molecule has 0 heterocycles. The lowest BCUT2D eigenvalue weighted by molar-refractivity contribution is -0.159. The molecule has 0 aliphatic rings. The Bertz CT molecular complexity index is 858. The zero-order valence-corrected chi connectivity index (χ0v) is 16.2. The third-order valence-corrected chi connectivity index (χ3v) is 4.06. The fourth-order valence-corrected chi connectivity index (χ4v) is 2.77. The Hall–Kier alpha value is -2.76. The quantitative estimate of drug-likeness (QED) is 0.645. The number of alkyl halides is 2. The first kappa shape index (κ1) is 20.6. The van der Waals surface area contributed by atoms with Crippen molar-refractivity contribution in [2.24, 2.45) is 4.99 Å². The van der Waals surface area contributed by atoms with Crippen LogP contribution in [0, 0.1) is 13.8 Å². The number of aryl methyl sites for hydroxylation is 2. The van der Waals surface area contributed by atoms with E-state index in [1.165, 1.54) is 11.0 Å². The second-order valence-corrected chi connectivity index (χ2v) is 6.52. The van der Waals surface area contributed by atoms with Crippen LogP contribution in [0.2, 0.25) is 0 Å². The maximum atomic E-state index is 13.2. The van der Waals surface area contributed by atoms with Gasteiger partial charge in [0.05, 0.1) is 5.69 Å². The van der Waals surface area contributed by atoms with Crippen molar-refractivity contribution in [2.45, 2.75) is 40.3 Å². The minimum atomic E-state index is -3.29. The molecule has 0 atom stereocenters. The van der Waals surface area contributed by atoms with Gasteiger partial charge in [-0.25, -0.2) is 0 Å². The van der Waals surface area contributed by atoms with Crippen molar-refractivity contribution in [3.8, 4) is 5.75 Å². The van der Waals surface area contributed by atoms with Crippen LogP contribution in [0.25, 0.3) is 0 Å². The van der Waals surface area contributed by atoms with Gasteiger partial charge in [0.25, 0.3) is 5.91 Å². The molecule has 6 heteroatoms. The lowest BCUT2D eigenvalue weighted by Gasteiger charge is -2.22. The summed E-state index contributed by atoms with van der Waals surface area (Å²) in [4.78, 5) is 18.7. The van der Waals surface area contributed by atoms with E-state index < -0.39 is 6.11 Å². The van der Waals surface area contributed by atoms with Crippen molar-refractivity contribution in [3.63, 3.8) is 0 Å². The number of amides is 1. The van der Waals surface area contributed by atoms with Gasteiger partial charge in [0.15, 0.2) is 0 Å². The number of hydrogen-bond donors (Lipinski definition) is 0. The lowest BCUT2D eigenvalue weighted by atomic mass is 10.0. The van der Waals surface area contributed by atoms with E-state index >= 15 is 0 Å². The number of benzene rings is 2. The predicted octanol–water partition coefficient (Wildman–Crippen LogP) is 5.29. The first-order valence-electron chi connectivity index (χ1n) is 8.62. The predicted molar refractivity (Wildman–Crippen MR) is 103 cm³/mol. The number of carbonyl (C=O) groups is 1. The summed E-state index contributed by atoms with van der Waals surface area (Å²) in [5, 5.41) is 0. The highest BCUT2D eigenvalue weighted by molar-refractivity contribution is 5.96. The van der Waals surface area contributed by atoms with Crippen LogP contribution >= 0.6 is 0 Å². The summed E-state index contributed by atoms with van der Waals surface area (Å²) in [7, 11) is 1.64. The minimum Gasteiger partial charge on any atom is -0.432 e. The van der Waals surface area contributed by atoms with Crippen LogP contribution in [0.3, 0.4) is 0 Å². The molecule has 1 amide bonds. The van der Waals surface area contributed by atoms with Gasteiger partial charge in [0.1, 0.15) is 5.75 Å². The molecule has 0 aliphatic carbocycles. The molecule has 0 fully saturated rings. The number of halogens is 2. The topological polar surface area (TPSA) is 41.9 Å². The van der Waals surface area contributed by atoms with Gasteiger partial charge in [-0.1, -0.05) is 18.2 Å². The van der Waals surface area contributed by atoms with Crippen molar-refractivity contribution in [2.75, 3.05) is 7.05 Å². The molecule has 2 rings (SSSR count). The van der Waals surface area contributed by atoms with Crippen molar-refractivity contribution in [1.82, 2.24) is 4.90 Å². The Morgan fingerprint density at radius 3 is 2.52 bits per heavy atom. The molecular weight excluding hydrogens is 350 g/mol. The molecule has 0 saturated carbocycles. The van der Waals surface area contributed by atoms with Gasteiger partial charge in [-0.3, -0.25) is 9.79 Å². The number of nitrogens with zero attached hydrogens (tertiary/aromatic N) is 2. The molecule has 0 aromatic heterocycles. The number of aliphatic imine (C=N–C) groups is 1. The van der Waals surface area contributed by atoms with Gasteiger partial charge in [-0.2, -0.15) is 8.78 Å². The SMILES string of the molecule is CC=Nc1cc(C)c(C(=O)N(C)Cc2ccccc2OC(C)(F)F)cc1C. The number of para-hydroxylation sites is 1. The fourth-order valence-electron chi connectivity index (χ4n) is 2.77. The molecule has 2 aromatic carbocycles. The average Bonchev–Trinajstić information content (AvgIpc) is 2.58. The highest BCUT2D eigenvalue weighted by atomic mass is 19.3. The Kier molecular flexibility index (Phi) is 6.31. The van der Waals surface area contributed by atoms with Crippen LogP contribution in [-0.4, -0.2) is 30.2 Å². The Labute approximate surface area is 158 Å². The normalized spacial score (nSPS) is 11.7. The molecule has 0 saturated heterocycles. The van der Waals surface area contributed by atoms with Crippen LogP contribution in [0.1, 0.15) is 40.9 Å². The van der Waals surface area contributed by atoms with Crippen molar-refractivity contribution in [1.29, 1.82) is 0 Å². The number of carbonyl (C=O) groups excluding carboxylic acids is 1. The van der Waals surface area contributed by atoms with Crippen LogP contribution in [0.5, 0.6) is 5.75 Å². The molecule has 0 bridgehead atoms. The zero-order chi connectivity index (χ0) is 20.2. The standard InChI is InChI=1S/C21H24F2N2O2/c1-6-24-18-12-14(2)17(11-15(18)3)20(26)25(5)13-16-9-7-8-10-19(16)27-21(4,22)23/h6-12H,13H2,1-5H3. The van der Waals surface area contributed by atoms with Crippen LogP contribution in [0.15, 0.2) is 41.4 Å². The minimum absolute atomic E-state index is 0.0604. The second kappa shape index (κ2) is 8.29. The second-order valence-electron chi connectivity index (χ2n) is 6.52. The Balaban J connectivity index is 2.26. The smallest absolute Gasteiger partial charge is 0.394 e. The van der Waals surface area contributed by atoms with Gasteiger partial charge in [0.2, 0.25) is 0 Å². The van der Waals surface area contributed by atoms with Gasteiger partial charge in [-0.15, -0.1) is 0 Å². The number of rotatable bonds is 6. The Morgan fingerprint density at radius 2 is 1.89 bits per heavy atom. The molecule has 2 aromatic rings. The highest BCUT2D eigenvalue weighted by Gasteiger charge is 2.25. The molecule has 0 radical (unpaired) electrons. The third kappa shape index (κ3) is 5.36. The monoisotopic (exact) mass is 374 g/mol. The summed E-state index contributed by atoms with van der Waals surface area (Å²) < 4.78 is 31.2. The van der Waals surface area contributed by atoms with Gasteiger partial charge >= 0.3 is 6.11 Å². The van der Waals surface area contributed by atoms with Crippen LogP contribution in [-0.2, 0) is 6.54 Å². The molecule has 0 unspecified atom stereocenters. The van der Waals surface area contributed by atoms with Crippen LogP contribution < -0.4 is 4.74 Å². The zero-order valence-electron chi connectivity index (χ0n) is 16.2. The van der Waals surface area contributed by atoms with E-state index in [1.807, 2.05) is 26.8 Å². The summed E-state index contributed by atoms with van der Waals surface area (Å²) in [6.07, 6.45) is -1.59. The van der Waals surface area contributed by atoms with E-state index in [2.05, 4.69) is 4.99 Å².